The van der Waals surface area contributed by atoms with Crippen molar-refractivity contribution in [1.29, 1.82) is 0 Å². The molecule has 0 amide bonds. The number of allylic oxidation sites excluding steroid dienone is 1. The van der Waals surface area contributed by atoms with E-state index in [9.17, 15) is 9.90 Å². The summed E-state index contributed by atoms with van der Waals surface area (Å²) in [6.45, 7) is 12.1. The van der Waals surface area contributed by atoms with E-state index in [1.54, 1.807) is 0 Å². The van der Waals surface area contributed by atoms with Gasteiger partial charge < -0.3 is 5.11 Å². The molecule has 0 aromatic heterocycles. The van der Waals surface area contributed by atoms with Crippen LogP contribution in [0, 0.1) is 46.3 Å². The molecule has 0 unspecified atom stereocenters. The van der Waals surface area contributed by atoms with E-state index in [2.05, 4.69) is 40.7 Å². The SMILES string of the molecule is CC(C)CCC[C@@H](C)[C@H]1CC[C@H]2[C@@H]3CC=C4C[C@H](O)CC(=O)[C@]4(C)[C@H]3CC[C@]12C. The first-order chi connectivity index (χ1) is 13.7. The third kappa shape index (κ3) is 3.46. The minimum atomic E-state index is -0.449. The van der Waals surface area contributed by atoms with E-state index in [4.69, 9.17) is 0 Å². The Balaban J connectivity index is 1.52. The fourth-order valence-electron chi connectivity index (χ4n) is 8.52. The number of rotatable bonds is 5. The maximum Gasteiger partial charge on any atom is 0.145 e. The lowest BCUT2D eigenvalue weighted by Gasteiger charge is -2.57. The highest BCUT2D eigenvalue weighted by Gasteiger charge is 2.60. The fourth-order valence-corrected chi connectivity index (χ4v) is 8.52. The summed E-state index contributed by atoms with van der Waals surface area (Å²) in [6.07, 6.45) is 13.6. The maximum atomic E-state index is 13.1. The summed E-state index contributed by atoms with van der Waals surface area (Å²) in [6, 6.07) is 0. The van der Waals surface area contributed by atoms with Gasteiger partial charge in [0.25, 0.3) is 0 Å². The predicted molar refractivity (Wildman–Crippen MR) is 119 cm³/mol. The highest BCUT2D eigenvalue weighted by Crippen LogP contribution is 2.66. The molecule has 0 aliphatic heterocycles. The van der Waals surface area contributed by atoms with Crippen LogP contribution in [0.25, 0.3) is 0 Å². The van der Waals surface area contributed by atoms with Crippen LogP contribution in [0.5, 0.6) is 0 Å². The first-order valence-electron chi connectivity index (χ1n) is 12.6. The molecule has 3 saturated carbocycles. The molecule has 29 heavy (non-hydrogen) atoms. The van der Waals surface area contributed by atoms with Crippen molar-refractivity contribution in [1.82, 2.24) is 0 Å². The van der Waals surface area contributed by atoms with Gasteiger partial charge in [-0.1, -0.05) is 58.6 Å². The summed E-state index contributed by atoms with van der Waals surface area (Å²) in [7, 11) is 0. The molecule has 0 spiro atoms. The standard InChI is InChI=1S/C27H44O2/c1-17(2)7-6-8-18(3)22-11-12-23-21-10-9-19-15-20(28)16-25(29)27(19,5)24(21)13-14-26(22,23)4/h9,17-18,20-24,28H,6-8,10-16H2,1-5H3/t18-,20+,21+,22-,23+,24+,26-,27+/m1/s1. The minimum absolute atomic E-state index is 0.287. The van der Waals surface area contributed by atoms with Gasteiger partial charge in [0.15, 0.2) is 0 Å². The fraction of sp³-hybridized carbons (Fsp3) is 0.889. The van der Waals surface area contributed by atoms with Crippen molar-refractivity contribution >= 4 is 5.78 Å². The lowest BCUT2D eigenvalue weighted by molar-refractivity contribution is -0.140. The first kappa shape index (κ1) is 21.6. The van der Waals surface area contributed by atoms with E-state index >= 15 is 0 Å². The zero-order valence-electron chi connectivity index (χ0n) is 19.5. The van der Waals surface area contributed by atoms with Crippen LogP contribution in [0.1, 0.15) is 98.8 Å². The molecule has 1 N–H and O–H groups in total. The van der Waals surface area contributed by atoms with Crippen molar-refractivity contribution in [2.75, 3.05) is 0 Å². The van der Waals surface area contributed by atoms with Crippen LogP contribution in [0.15, 0.2) is 11.6 Å². The largest absolute Gasteiger partial charge is 0.392 e. The molecule has 2 nitrogen and oxygen atoms in total. The summed E-state index contributed by atoms with van der Waals surface area (Å²) in [5, 5.41) is 10.2. The molecule has 2 heteroatoms. The highest BCUT2D eigenvalue weighted by molar-refractivity contribution is 5.90. The van der Waals surface area contributed by atoms with Gasteiger partial charge in [0.1, 0.15) is 5.78 Å². The monoisotopic (exact) mass is 400 g/mol. The summed E-state index contributed by atoms with van der Waals surface area (Å²) in [5.41, 5.74) is 1.45. The second-order valence-electron chi connectivity index (χ2n) is 12.1. The van der Waals surface area contributed by atoms with Crippen molar-refractivity contribution in [3.05, 3.63) is 11.6 Å². The molecule has 4 aliphatic rings. The third-order valence-corrected chi connectivity index (χ3v) is 10.1. The number of Topliss-reactive ketones (excluding diaryl/α,β-unsaturated/α-hetero) is 1. The van der Waals surface area contributed by atoms with Crippen molar-refractivity contribution in [3.63, 3.8) is 0 Å². The van der Waals surface area contributed by atoms with E-state index < -0.39 is 6.10 Å². The van der Waals surface area contributed by atoms with Crippen LogP contribution in [0.2, 0.25) is 0 Å². The summed E-state index contributed by atoms with van der Waals surface area (Å²) < 4.78 is 0. The van der Waals surface area contributed by atoms with E-state index in [-0.39, 0.29) is 5.41 Å². The Labute approximate surface area is 178 Å². The second-order valence-corrected chi connectivity index (χ2v) is 12.1. The van der Waals surface area contributed by atoms with Crippen molar-refractivity contribution in [2.24, 2.45) is 46.3 Å². The zero-order chi connectivity index (χ0) is 21.0. The number of fused-ring (bicyclic) bond motifs is 5. The van der Waals surface area contributed by atoms with Gasteiger partial charge in [-0.25, -0.2) is 0 Å². The summed E-state index contributed by atoms with van der Waals surface area (Å²) in [4.78, 5) is 13.1. The molecule has 0 heterocycles. The van der Waals surface area contributed by atoms with E-state index in [0.717, 1.165) is 36.5 Å². The van der Waals surface area contributed by atoms with E-state index in [1.807, 2.05) is 0 Å². The predicted octanol–water partition coefficient (Wildman–Crippen LogP) is 6.57. The molecule has 8 atom stereocenters. The second kappa shape index (κ2) is 7.81. The van der Waals surface area contributed by atoms with E-state index in [0.29, 0.717) is 29.5 Å². The molecule has 3 fully saturated rings. The normalized spacial score (nSPS) is 45.4. The average molecular weight is 401 g/mol. The number of carbonyl (C=O) groups excluding carboxylic acids is 1. The van der Waals surface area contributed by atoms with Crippen LogP contribution < -0.4 is 0 Å². The molecule has 164 valence electrons. The molecule has 0 aromatic rings. The molecule has 0 saturated heterocycles. The Hall–Kier alpha value is -0.630. The van der Waals surface area contributed by atoms with Crippen molar-refractivity contribution < 1.29 is 9.90 Å². The molecule has 4 rings (SSSR count). The third-order valence-electron chi connectivity index (χ3n) is 10.1. The number of aliphatic hydroxyl groups excluding tert-OH is 1. The van der Waals surface area contributed by atoms with Gasteiger partial charge in [-0.05, 0) is 86.4 Å². The summed E-state index contributed by atoms with van der Waals surface area (Å²) >= 11 is 0. The van der Waals surface area contributed by atoms with Gasteiger partial charge in [-0.2, -0.15) is 0 Å². The molecule has 4 aliphatic carbocycles. The topological polar surface area (TPSA) is 37.3 Å². The quantitative estimate of drug-likeness (QED) is 0.530. The number of hydrogen-bond acceptors (Lipinski definition) is 2. The maximum absolute atomic E-state index is 13.1. The van der Waals surface area contributed by atoms with Crippen LogP contribution in [0.4, 0.5) is 0 Å². The van der Waals surface area contributed by atoms with Gasteiger partial charge >= 0.3 is 0 Å². The van der Waals surface area contributed by atoms with Gasteiger partial charge in [0.05, 0.1) is 11.5 Å². The Morgan fingerprint density at radius 3 is 2.55 bits per heavy atom. The van der Waals surface area contributed by atoms with Gasteiger partial charge in [0.2, 0.25) is 0 Å². The minimum Gasteiger partial charge on any atom is -0.392 e. The van der Waals surface area contributed by atoms with Crippen LogP contribution in [-0.2, 0) is 4.79 Å². The lowest BCUT2D eigenvalue weighted by atomic mass is 9.46. The lowest BCUT2D eigenvalue weighted by Crippen LogP contribution is -2.54. The molecule has 0 bridgehead atoms. The van der Waals surface area contributed by atoms with Gasteiger partial charge in [-0.3, -0.25) is 4.79 Å². The number of hydrogen-bond donors (Lipinski definition) is 1. The average Bonchev–Trinajstić information content (AvgIpc) is 3.00. The number of carbonyl (C=O) groups is 1. The van der Waals surface area contributed by atoms with Crippen molar-refractivity contribution in [2.45, 2.75) is 105 Å². The Morgan fingerprint density at radius 1 is 1.07 bits per heavy atom. The smallest absolute Gasteiger partial charge is 0.145 e. The Bertz CT molecular complexity index is 663. The van der Waals surface area contributed by atoms with Crippen LogP contribution >= 0.6 is 0 Å². The Morgan fingerprint density at radius 2 is 1.83 bits per heavy atom. The van der Waals surface area contributed by atoms with E-state index in [1.165, 1.54) is 50.5 Å². The molecular weight excluding hydrogens is 356 g/mol. The first-order valence-corrected chi connectivity index (χ1v) is 12.6. The van der Waals surface area contributed by atoms with Gasteiger partial charge in [0, 0.05) is 6.42 Å². The Kier molecular flexibility index (Phi) is 5.82. The van der Waals surface area contributed by atoms with Crippen LogP contribution in [0.3, 0.4) is 0 Å². The van der Waals surface area contributed by atoms with Gasteiger partial charge in [-0.15, -0.1) is 0 Å². The molecule has 0 aromatic carbocycles. The molecule has 0 radical (unpaired) electrons. The van der Waals surface area contributed by atoms with Crippen LogP contribution in [-0.4, -0.2) is 17.0 Å². The zero-order valence-corrected chi connectivity index (χ0v) is 19.5. The number of ketones is 1. The van der Waals surface area contributed by atoms with Crippen molar-refractivity contribution in [3.8, 4) is 0 Å². The summed E-state index contributed by atoms with van der Waals surface area (Å²) in [5.74, 6) is 4.80. The highest BCUT2D eigenvalue weighted by atomic mass is 16.3. The molecular formula is C27H44O2. The number of aliphatic hydroxyl groups is 1.